The number of carboxylic acid groups (broad SMARTS) is 1. The number of aryl methyl sites for hydroxylation is 2. The summed E-state index contributed by atoms with van der Waals surface area (Å²) in [4.78, 5) is 23.4. The van der Waals surface area contributed by atoms with Crippen molar-refractivity contribution in [3.05, 3.63) is 58.7 Å². The fraction of sp³-hybridized carbons (Fsp3) is 0.263. The molecule has 1 amide bonds. The van der Waals surface area contributed by atoms with Crippen molar-refractivity contribution in [2.75, 3.05) is 5.32 Å². The molecule has 0 bridgehead atoms. The summed E-state index contributed by atoms with van der Waals surface area (Å²) in [5.41, 5.74) is 2.29. The summed E-state index contributed by atoms with van der Waals surface area (Å²) in [5, 5.41) is 11.7. The number of rotatable bonds is 6. The molecule has 138 valence electrons. The average molecular weight is 363 g/mol. The fourth-order valence-electron chi connectivity index (χ4n) is 2.56. The average Bonchev–Trinajstić information content (AvgIpc) is 2.57. The number of anilines is 1. The van der Waals surface area contributed by atoms with Gasteiger partial charge in [-0.2, -0.15) is 8.78 Å². The Kier molecular flexibility index (Phi) is 5.92. The molecule has 1 unspecified atom stereocenters. The second-order valence-electron chi connectivity index (χ2n) is 5.95. The number of ether oxygens (including phenoxy) is 1. The summed E-state index contributed by atoms with van der Waals surface area (Å²) in [7, 11) is 0. The minimum atomic E-state index is -2.93. The van der Waals surface area contributed by atoms with E-state index in [0.29, 0.717) is 27.9 Å². The monoisotopic (exact) mass is 363 g/mol. The van der Waals surface area contributed by atoms with Crippen LogP contribution in [0.2, 0.25) is 0 Å². The van der Waals surface area contributed by atoms with Crippen molar-refractivity contribution in [3.8, 4) is 5.75 Å². The van der Waals surface area contributed by atoms with Gasteiger partial charge < -0.3 is 15.2 Å². The minimum Gasteiger partial charge on any atom is -0.481 e. The van der Waals surface area contributed by atoms with Crippen molar-refractivity contribution < 1.29 is 28.2 Å². The molecule has 2 aromatic rings. The van der Waals surface area contributed by atoms with Gasteiger partial charge in [-0.15, -0.1) is 0 Å². The lowest BCUT2D eigenvalue weighted by Gasteiger charge is -2.13. The van der Waals surface area contributed by atoms with Gasteiger partial charge in [0.2, 0.25) is 0 Å². The third kappa shape index (κ3) is 4.56. The molecule has 1 atom stereocenters. The van der Waals surface area contributed by atoms with Crippen LogP contribution in [0.25, 0.3) is 0 Å². The lowest BCUT2D eigenvalue weighted by molar-refractivity contribution is -0.138. The van der Waals surface area contributed by atoms with E-state index in [1.165, 1.54) is 12.1 Å². The summed E-state index contributed by atoms with van der Waals surface area (Å²) in [5.74, 6) is -1.92. The Balaban J connectivity index is 2.16. The van der Waals surface area contributed by atoms with Crippen LogP contribution in [0.5, 0.6) is 5.75 Å². The van der Waals surface area contributed by atoms with Crippen LogP contribution in [0.4, 0.5) is 14.5 Å². The molecule has 2 aromatic carbocycles. The Morgan fingerprint density at radius 2 is 1.62 bits per heavy atom. The van der Waals surface area contributed by atoms with Gasteiger partial charge in [-0.1, -0.05) is 12.1 Å². The Bertz CT molecular complexity index is 796. The molecule has 2 N–H and O–H groups in total. The zero-order valence-corrected chi connectivity index (χ0v) is 14.5. The number of alkyl halides is 2. The van der Waals surface area contributed by atoms with Gasteiger partial charge in [0.05, 0.1) is 5.92 Å². The van der Waals surface area contributed by atoms with Gasteiger partial charge >= 0.3 is 12.6 Å². The molecule has 7 heteroatoms. The normalized spacial score (nSPS) is 11.9. The number of hydrogen-bond donors (Lipinski definition) is 2. The second-order valence-corrected chi connectivity index (χ2v) is 5.95. The first kappa shape index (κ1) is 19.4. The zero-order chi connectivity index (χ0) is 19.4. The molecular formula is C19H19F2NO4. The predicted octanol–water partition coefficient (Wildman–Crippen LogP) is 4.35. The van der Waals surface area contributed by atoms with Crippen molar-refractivity contribution in [2.45, 2.75) is 33.3 Å². The number of nitrogens with one attached hydrogen (secondary N) is 1. The molecule has 0 aliphatic carbocycles. The van der Waals surface area contributed by atoms with Crippen LogP contribution < -0.4 is 10.1 Å². The first-order valence-corrected chi connectivity index (χ1v) is 7.89. The Labute approximate surface area is 149 Å². The Morgan fingerprint density at radius 1 is 1.08 bits per heavy atom. The van der Waals surface area contributed by atoms with Crippen LogP contribution in [-0.2, 0) is 4.79 Å². The summed E-state index contributed by atoms with van der Waals surface area (Å²) >= 11 is 0. The maximum Gasteiger partial charge on any atom is 0.387 e. The number of hydrogen-bond acceptors (Lipinski definition) is 3. The lowest BCUT2D eigenvalue weighted by atomic mass is 10.0. The predicted molar refractivity (Wildman–Crippen MR) is 93.0 cm³/mol. The molecule has 0 saturated carbocycles. The minimum absolute atomic E-state index is 0.0589. The number of carbonyl (C=O) groups excluding carboxylic acids is 1. The van der Waals surface area contributed by atoms with Gasteiger partial charge in [0.1, 0.15) is 5.75 Å². The molecule has 0 radical (unpaired) electrons. The summed E-state index contributed by atoms with van der Waals surface area (Å²) in [6, 6.07) is 9.43. The first-order chi connectivity index (χ1) is 12.2. The van der Waals surface area contributed by atoms with Crippen molar-refractivity contribution in [1.82, 2.24) is 0 Å². The molecule has 0 aliphatic heterocycles. The van der Waals surface area contributed by atoms with Crippen LogP contribution in [0, 0.1) is 13.8 Å². The maximum absolute atomic E-state index is 12.4. The smallest absolute Gasteiger partial charge is 0.387 e. The number of carboxylic acids is 1. The van der Waals surface area contributed by atoms with E-state index >= 15 is 0 Å². The Hall–Kier alpha value is -2.96. The van der Waals surface area contributed by atoms with E-state index in [-0.39, 0.29) is 5.75 Å². The van der Waals surface area contributed by atoms with E-state index in [0.717, 1.165) is 0 Å². The fourth-order valence-corrected chi connectivity index (χ4v) is 2.56. The quantitative estimate of drug-likeness (QED) is 0.800. The van der Waals surface area contributed by atoms with Crippen LogP contribution in [0.3, 0.4) is 0 Å². The number of halogens is 2. The van der Waals surface area contributed by atoms with E-state index in [1.54, 1.807) is 45.0 Å². The molecule has 26 heavy (non-hydrogen) atoms. The van der Waals surface area contributed by atoms with E-state index in [4.69, 9.17) is 5.11 Å². The number of aliphatic carboxylic acids is 1. The molecule has 0 spiro atoms. The van der Waals surface area contributed by atoms with Crippen LogP contribution >= 0.6 is 0 Å². The van der Waals surface area contributed by atoms with Gasteiger partial charge in [-0.25, -0.2) is 0 Å². The molecule has 2 rings (SSSR count). The number of amides is 1. The SMILES string of the molecule is Cc1cc(C(=O)Nc2ccc(C(C)C(=O)O)cc2)cc(C)c1OC(F)F. The third-order valence-electron chi connectivity index (χ3n) is 3.97. The standard InChI is InChI=1S/C19H19F2NO4/c1-10-8-14(9-11(2)16(10)26-19(20)21)17(23)22-15-6-4-13(5-7-15)12(3)18(24)25/h4-9,12,19H,1-3H3,(H,22,23)(H,24,25). The molecule has 5 nitrogen and oxygen atoms in total. The molecule has 0 aliphatic rings. The van der Waals surface area contributed by atoms with E-state index < -0.39 is 24.4 Å². The van der Waals surface area contributed by atoms with Crippen molar-refractivity contribution in [3.63, 3.8) is 0 Å². The van der Waals surface area contributed by atoms with Crippen LogP contribution in [-0.4, -0.2) is 23.6 Å². The first-order valence-electron chi connectivity index (χ1n) is 7.89. The van der Waals surface area contributed by atoms with Crippen molar-refractivity contribution in [1.29, 1.82) is 0 Å². The van der Waals surface area contributed by atoms with E-state index in [9.17, 15) is 18.4 Å². The van der Waals surface area contributed by atoms with Gasteiger partial charge in [-0.3, -0.25) is 9.59 Å². The van der Waals surface area contributed by atoms with Gasteiger partial charge in [-0.05, 0) is 61.7 Å². The van der Waals surface area contributed by atoms with Crippen LogP contribution in [0.1, 0.15) is 39.9 Å². The number of carbonyl (C=O) groups is 2. The highest BCUT2D eigenvalue weighted by Crippen LogP contribution is 2.27. The maximum atomic E-state index is 12.4. The highest BCUT2D eigenvalue weighted by molar-refractivity contribution is 6.04. The highest BCUT2D eigenvalue weighted by atomic mass is 19.3. The molecule has 0 heterocycles. The molecular weight excluding hydrogens is 344 g/mol. The second kappa shape index (κ2) is 7.95. The summed E-state index contributed by atoms with van der Waals surface area (Å²) in [6.07, 6.45) is 0. The molecule has 0 fully saturated rings. The highest BCUT2D eigenvalue weighted by Gasteiger charge is 2.16. The summed E-state index contributed by atoms with van der Waals surface area (Å²) in [6.45, 7) is 1.82. The van der Waals surface area contributed by atoms with Crippen molar-refractivity contribution >= 4 is 17.6 Å². The third-order valence-corrected chi connectivity index (χ3v) is 3.97. The van der Waals surface area contributed by atoms with Crippen LogP contribution in [0.15, 0.2) is 36.4 Å². The lowest BCUT2D eigenvalue weighted by Crippen LogP contribution is -2.14. The van der Waals surface area contributed by atoms with E-state index in [2.05, 4.69) is 10.1 Å². The van der Waals surface area contributed by atoms with Gasteiger partial charge in [0.15, 0.2) is 0 Å². The summed E-state index contributed by atoms with van der Waals surface area (Å²) < 4.78 is 29.3. The largest absolute Gasteiger partial charge is 0.481 e. The van der Waals surface area contributed by atoms with Gasteiger partial charge in [0, 0.05) is 11.3 Å². The number of benzene rings is 2. The van der Waals surface area contributed by atoms with Gasteiger partial charge in [0.25, 0.3) is 5.91 Å². The molecule has 0 saturated heterocycles. The van der Waals surface area contributed by atoms with E-state index in [1.807, 2.05) is 0 Å². The Morgan fingerprint density at radius 3 is 2.08 bits per heavy atom. The topological polar surface area (TPSA) is 75.6 Å². The molecule has 0 aromatic heterocycles. The zero-order valence-electron chi connectivity index (χ0n) is 14.5. The van der Waals surface area contributed by atoms with Crippen molar-refractivity contribution in [2.24, 2.45) is 0 Å².